The van der Waals surface area contributed by atoms with Crippen molar-refractivity contribution in [2.75, 3.05) is 5.32 Å². The summed E-state index contributed by atoms with van der Waals surface area (Å²) >= 11 is 1.60. The van der Waals surface area contributed by atoms with Gasteiger partial charge in [-0.25, -0.2) is 9.67 Å². The predicted octanol–water partition coefficient (Wildman–Crippen LogP) is 4.67. The van der Waals surface area contributed by atoms with Gasteiger partial charge in [0.1, 0.15) is 12.4 Å². The van der Waals surface area contributed by atoms with E-state index in [0.717, 1.165) is 40.4 Å². The summed E-state index contributed by atoms with van der Waals surface area (Å²) in [5, 5.41) is 17.9. The van der Waals surface area contributed by atoms with Crippen LogP contribution in [0, 0.1) is 6.92 Å². The SMILES string of the molecule is Cc1nc(COc2cccc(/C=C/C(=O)Nc3cccc(-c4nnnn4C4CC4)c3)c2)cs1. The summed E-state index contributed by atoms with van der Waals surface area (Å²) in [6.07, 6.45) is 5.45. The van der Waals surface area contributed by atoms with Gasteiger partial charge in [0, 0.05) is 22.7 Å². The van der Waals surface area contributed by atoms with Gasteiger partial charge < -0.3 is 10.1 Å². The Morgan fingerprint density at radius 2 is 2.12 bits per heavy atom. The van der Waals surface area contributed by atoms with Gasteiger partial charge in [0.15, 0.2) is 5.82 Å². The first-order valence-corrected chi connectivity index (χ1v) is 11.5. The Balaban J connectivity index is 1.21. The molecule has 1 aliphatic rings. The molecule has 0 unspecified atom stereocenters. The van der Waals surface area contributed by atoms with Gasteiger partial charge in [-0.15, -0.1) is 16.4 Å². The average molecular weight is 459 g/mol. The fourth-order valence-corrected chi connectivity index (χ4v) is 3.98. The number of hydrogen-bond acceptors (Lipinski definition) is 7. The average Bonchev–Trinajstić information content (AvgIpc) is 3.39. The third-order valence-electron chi connectivity index (χ3n) is 5.11. The van der Waals surface area contributed by atoms with Gasteiger partial charge in [0.25, 0.3) is 0 Å². The molecule has 2 aromatic carbocycles. The van der Waals surface area contributed by atoms with E-state index >= 15 is 0 Å². The van der Waals surface area contributed by atoms with E-state index in [1.54, 1.807) is 17.4 Å². The van der Waals surface area contributed by atoms with Crippen molar-refractivity contribution in [3.8, 4) is 17.1 Å². The number of amides is 1. The zero-order valence-corrected chi connectivity index (χ0v) is 18.8. The number of nitrogens with one attached hydrogen (secondary N) is 1. The summed E-state index contributed by atoms with van der Waals surface area (Å²) in [5.74, 6) is 1.22. The van der Waals surface area contributed by atoms with Gasteiger partial charge in [-0.05, 0) is 66.1 Å². The maximum Gasteiger partial charge on any atom is 0.248 e. The van der Waals surface area contributed by atoms with E-state index in [2.05, 4.69) is 25.8 Å². The molecule has 2 heterocycles. The molecule has 9 heteroatoms. The molecule has 4 aromatic rings. The second kappa shape index (κ2) is 9.33. The molecule has 1 fully saturated rings. The summed E-state index contributed by atoms with van der Waals surface area (Å²) in [7, 11) is 0. The summed E-state index contributed by atoms with van der Waals surface area (Å²) in [6.45, 7) is 2.39. The van der Waals surface area contributed by atoms with Crippen LogP contribution >= 0.6 is 11.3 Å². The highest BCUT2D eigenvalue weighted by Crippen LogP contribution is 2.36. The van der Waals surface area contributed by atoms with Crippen LogP contribution in [0.3, 0.4) is 0 Å². The minimum atomic E-state index is -0.224. The predicted molar refractivity (Wildman–Crippen MR) is 127 cm³/mol. The molecule has 1 aliphatic carbocycles. The fraction of sp³-hybridized carbons (Fsp3) is 0.208. The van der Waals surface area contributed by atoms with Crippen LogP contribution in [0.25, 0.3) is 17.5 Å². The van der Waals surface area contributed by atoms with Gasteiger partial charge in [0.05, 0.1) is 16.7 Å². The molecular formula is C24H22N6O2S. The second-order valence-electron chi connectivity index (χ2n) is 7.80. The summed E-state index contributed by atoms with van der Waals surface area (Å²) in [5.41, 5.74) is 3.33. The topological polar surface area (TPSA) is 94.8 Å². The van der Waals surface area contributed by atoms with E-state index in [0.29, 0.717) is 24.2 Å². The van der Waals surface area contributed by atoms with Crippen LogP contribution in [0.5, 0.6) is 5.75 Å². The summed E-state index contributed by atoms with van der Waals surface area (Å²) in [6, 6.07) is 15.5. The standard InChI is InChI=1S/C24H22N6O2S/c1-16-25-20(15-33-16)14-32-22-7-2-4-17(12-22)8-11-23(31)26-19-6-3-5-18(13-19)24-27-28-29-30(24)21-9-10-21/h2-8,11-13,15,21H,9-10,14H2,1H3,(H,26,31)/b11-8+. The van der Waals surface area contributed by atoms with E-state index in [1.807, 2.05) is 65.5 Å². The van der Waals surface area contributed by atoms with Gasteiger partial charge in [-0.3, -0.25) is 4.79 Å². The first-order valence-electron chi connectivity index (χ1n) is 10.7. The van der Waals surface area contributed by atoms with E-state index in [4.69, 9.17) is 4.74 Å². The van der Waals surface area contributed by atoms with Crippen molar-refractivity contribution < 1.29 is 9.53 Å². The molecule has 5 rings (SSSR count). The Labute approximate surface area is 194 Å². The van der Waals surface area contributed by atoms with Gasteiger partial charge in [0.2, 0.25) is 5.91 Å². The minimum absolute atomic E-state index is 0.224. The Bertz CT molecular complexity index is 1310. The molecule has 1 N–H and O–H groups in total. The lowest BCUT2D eigenvalue weighted by Crippen LogP contribution is -2.08. The van der Waals surface area contributed by atoms with Crippen molar-refractivity contribution in [1.82, 2.24) is 25.2 Å². The Hall–Kier alpha value is -3.85. The number of carbonyl (C=O) groups excluding carboxylic acids is 1. The molecule has 1 saturated carbocycles. The monoisotopic (exact) mass is 458 g/mol. The summed E-state index contributed by atoms with van der Waals surface area (Å²) < 4.78 is 7.67. The zero-order valence-electron chi connectivity index (χ0n) is 18.0. The lowest BCUT2D eigenvalue weighted by Gasteiger charge is -2.07. The smallest absolute Gasteiger partial charge is 0.248 e. The van der Waals surface area contributed by atoms with Crippen molar-refractivity contribution in [2.24, 2.45) is 0 Å². The molecule has 0 bridgehead atoms. The third kappa shape index (κ3) is 5.32. The molecule has 2 aromatic heterocycles. The molecule has 33 heavy (non-hydrogen) atoms. The number of aromatic nitrogens is 5. The van der Waals surface area contributed by atoms with E-state index in [9.17, 15) is 4.79 Å². The molecule has 0 atom stereocenters. The maximum atomic E-state index is 12.5. The molecule has 0 saturated heterocycles. The summed E-state index contributed by atoms with van der Waals surface area (Å²) in [4.78, 5) is 16.9. The van der Waals surface area contributed by atoms with Crippen LogP contribution in [-0.4, -0.2) is 31.1 Å². The lowest BCUT2D eigenvalue weighted by atomic mass is 10.1. The number of ether oxygens (including phenoxy) is 1. The van der Waals surface area contributed by atoms with Gasteiger partial charge in [-0.2, -0.15) is 0 Å². The highest BCUT2D eigenvalue weighted by atomic mass is 32.1. The van der Waals surface area contributed by atoms with Crippen LogP contribution in [-0.2, 0) is 11.4 Å². The minimum Gasteiger partial charge on any atom is -0.487 e. The lowest BCUT2D eigenvalue weighted by molar-refractivity contribution is -0.111. The first-order chi connectivity index (χ1) is 16.1. The van der Waals surface area contributed by atoms with Crippen LogP contribution in [0.2, 0.25) is 0 Å². The quantitative estimate of drug-likeness (QED) is 0.386. The highest BCUT2D eigenvalue weighted by Gasteiger charge is 2.28. The number of thiazole rings is 1. The van der Waals surface area contributed by atoms with Crippen LogP contribution in [0.1, 0.15) is 35.1 Å². The zero-order chi connectivity index (χ0) is 22.6. The first kappa shape index (κ1) is 21.0. The van der Waals surface area contributed by atoms with E-state index in [-0.39, 0.29) is 5.91 Å². The fourth-order valence-electron chi connectivity index (χ4n) is 3.38. The molecule has 8 nitrogen and oxygen atoms in total. The largest absolute Gasteiger partial charge is 0.487 e. The number of aryl methyl sites for hydroxylation is 1. The van der Waals surface area contributed by atoms with Crippen molar-refractivity contribution in [2.45, 2.75) is 32.4 Å². The Kier molecular flexibility index (Phi) is 5.95. The van der Waals surface area contributed by atoms with Crippen LogP contribution < -0.4 is 10.1 Å². The molecule has 0 radical (unpaired) electrons. The number of hydrogen-bond donors (Lipinski definition) is 1. The maximum absolute atomic E-state index is 12.5. The van der Waals surface area contributed by atoms with E-state index in [1.165, 1.54) is 6.08 Å². The molecule has 0 aliphatic heterocycles. The van der Waals surface area contributed by atoms with Crippen LogP contribution in [0.15, 0.2) is 60.0 Å². The normalized spacial score (nSPS) is 13.4. The molecular weight excluding hydrogens is 436 g/mol. The number of nitrogens with zero attached hydrogens (tertiary/aromatic N) is 5. The number of anilines is 1. The van der Waals surface area contributed by atoms with Crippen molar-refractivity contribution in [1.29, 1.82) is 0 Å². The number of benzene rings is 2. The number of tetrazole rings is 1. The molecule has 1 amide bonds. The van der Waals surface area contributed by atoms with Crippen molar-refractivity contribution in [3.05, 3.63) is 76.3 Å². The number of carbonyl (C=O) groups is 1. The van der Waals surface area contributed by atoms with Crippen molar-refractivity contribution >= 4 is 29.0 Å². The highest BCUT2D eigenvalue weighted by molar-refractivity contribution is 7.09. The third-order valence-corrected chi connectivity index (χ3v) is 5.93. The molecule has 0 spiro atoms. The Morgan fingerprint density at radius 3 is 2.94 bits per heavy atom. The van der Waals surface area contributed by atoms with Gasteiger partial charge >= 0.3 is 0 Å². The van der Waals surface area contributed by atoms with Crippen LogP contribution in [0.4, 0.5) is 5.69 Å². The Morgan fingerprint density at radius 1 is 1.24 bits per heavy atom. The molecule has 166 valence electrons. The van der Waals surface area contributed by atoms with Gasteiger partial charge in [-0.1, -0.05) is 24.3 Å². The van der Waals surface area contributed by atoms with Crippen molar-refractivity contribution in [3.63, 3.8) is 0 Å². The van der Waals surface area contributed by atoms with E-state index < -0.39 is 0 Å². The second-order valence-corrected chi connectivity index (χ2v) is 8.86. The number of rotatable bonds is 8.